The number of hydrogen-bond acceptors (Lipinski definition) is 5. The Bertz CT molecular complexity index is 523. The minimum absolute atomic E-state index is 0.147. The summed E-state index contributed by atoms with van der Waals surface area (Å²) in [7, 11) is 0. The van der Waals surface area contributed by atoms with E-state index in [1.165, 1.54) is 9.88 Å². The third-order valence-corrected chi connectivity index (χ3v) is 5.18. The van der Waals surface area contributed by atoms with Crippen LogP contribution in [-0.2, 0) is 24.9 Å². The third kappa shape index (κ3) is 4.09. The zero-order chi connectivity index (χ0) is 13.9. The lowest BCUT2D eigenvalue weighted by Crippen LogP contribution is -2.14. The molecule has 0 fully saturated rings. The van der Waals surface area contributed by atoms with Crippen LogP contribution in [0.1, 0.15) is 48.3 Å². The van der Waals surface area contributed by atoms with Crippen LogP contribution in [0, 0.1) is 0 Å². The molecule has 3 nitrogen and oxygen atoms in total. The largest absolute Gasteiger partial charge is 0.305 e. The number of aryl methyl sites for hydroxylation is 1. The fraction of sp³-hybridized carbons (Fsp3) is 0.571. The molecular weight excluding hydrogens is 274 g/mol. The lowest BCUT2D eigenvalue weighted by molar-refractivity contribution is 0.579. The molecule has 2 aromatic rings. The quantitative estimate of drug-likeness (QED) is 0.913. The molecule has 0 spiro atoms. The summed E-state index contributed by atoms with van der Waals surface area (Å²) in [4.78, 5) is 10.4. The maximum absolute atomic E-state index is 4.67. The lowest BCUT2D eigenvalue weighted by atomic mass is 9.98. The van der Waals surface area contributed by atoms with Gasteiger partial charge in [0.05, 0.1) is 10.7 Å². The fourth-order valence-electron chi connectivity index (χ4n) is 1.62. The van der Waals surface area contributed by atoms with Crippen LogP contribution in [0.2, 0.25) is 0 Å². The molecule has 2 rings (SSSR count). The Labute approximate surface area is 123 Å². The summed E-state index contributed by atoms with van der Waals surface area (Å²) in [6.07, 6.45) is 3.04. The van der Waals surface area contributed by atoms with Gasteiger partial charge in [-0.1, -0.05) is 27.7 Å². The molecule has 0 bridgehead atoms. The molecule has 0 saturated carbocycles. The van der Waals surface area contributed by atoms with E-state index in [1.807, 2.05) is 6.20 Å². The number of nitrogens with one attached hydrogen (secondary N) is 1. The Morgan fingerprint density at radius 1 is 1.26 bits per heavy atom. The van der Waals surface area contributed by atoms with Crippen molar-refractivity contribution in [1.29, 1.82) is 0 Å². The Hall–Kier alpha value is -0.780. The van der Waals surface area contributed by atoms with Gasteiger partial charge in [0.2, 0.25) is 0 Å². The molecule has 1 N–H and O–H groups in total. The van der Waals surface area contributed by atoms with Crippen molar-refractivity contribution >= 4 is 22.7 Å². The van der Waals surface area contributed by atoms with E-state index in [9.17, 15) is 0 Å². The van der Waals surface area contributed by atoms with Crippen LogP contribution in [0.15, 0.2) is 11.6 Å². The van der Waals surface area contributed by atoms with Gasteiger partial charge in [0, 0.05) is 35.0 Å². The first-order chi connectivity index (χ1) is 8.99. The van der Waals surface area contributed by atoms with Crippen LogP contribution in [0.4, 0.5) is 0 Å². The zero-order valence-electron chi connectivity index (χ0n) is 12.0. The molecule has 0 unspecified atom stereocenters. The second-order valence-electron chi connectivity index (χ2n) is 5.57. The van der Waals surface area contributed by atoms with Crippen molar-refractivity contribution in [3.05, 3.63) is 32.2 Å². The molecule has 0 aliphatic carbocycles. The lowest BCUT2D eigenvalue weighted by Gasteiger charge is -2.13. The molecule has 0 amide bonds. The van der Waals surface area contributed by atoms with Crippen molar-refractivity contribution in [1.82, 2.24) is 15.3 Å². The average Bonchev–Trinajstić information content (AvgIpc) is 2.96. The van der Waals surface area contributed by atoms with Crippen molar-refractivity contribution in [3.63, 3.8) is 0 Å². The van der Waals surface area contributed by atoms with Gasteiger partial charge < -0.3 is 5.32 Å². The number of hydrogen-bond donors (Lipinski definition) is 1. The number of rotatable bonds is 5. The van der Waals surface area contributed by atoms with Crippen molar-refractivity contribution in [2.45, 2.75) is 52.6 Å². The van der Waals surface area contributed by atoms with Crippen LogP contribution >= 0.6 is 22.7 Å². The molecule has 104 valence electrons. The van der Waals surface area contributed by atoms with Crippen molar-refractivity contribution in [2.75, 3.05) is 0 Å². The molecule has 5 heteroatoms. The molecule has 0 radical (unpaired) electrons. The summed E-state index contributed by atoms with van der Waals surface area (Å²) in [6, 6.07) is 0. The topological polar surface area (TPSA) is 37.8 Å². The number of thiazole rings is 2. The molecule has 0 aliphatic heterocycles. The predicted molar refractivity (Wildman–Crippen MR) is 82.8 cm³/mol. The second kappa shape index (κ2) is 6.11. The van der Waals surface area contributed by atoms with Crippen molar-refractivity contribution < 1.29 is 0 Å². The summed E-state index contributed by atoms with van der Waals surface area (Å²) in [5, 5.41) is 7.91. The highest BCUT2D eigenvalue weighted by Crippen LogP contribution is 2.25. The van der Waals surface area contributed by atoms with E-state index in [1.54, 1.807) is 22.7 Å². The van der Waals surface area contributed by atoms with Gasteiger partial charge in [-0.15, -0.1) is 22.7 Å². The Balaban J connectivity index is 1.84. The smallest absolute Gasteiger partial charge is 0.107 e. The summed E-state index contributed by atoms with van der Waals surface area (Å²) in [6.45, 7) is 10.4. The van der Waals surface area contributed by atoms with E-state index in [0.717, 1.165) is 30.2 Å². The van der Waals surface area contributed by atoms with Crippen LogP contribution < -0.4 is 5.32 Å². The first-order valence-corrected chi connectivity index (χ1v) is 8.28. The highest BCUT2D eigenvalue weighted by atomic mass is 32.1. The molecule has 19 heavy (non-hydrogen) atoms. The third-order valence-electron chi connectivity index (χ3n) is 2.73. The van der Waals surface area contributed by atoms with Crippen LogP contribution in [0.5, 0.6) is 0 Å². The zero-order valence-corrected chi connectivity index (χ0v) is 13.6. The Morgan fingerprint density at radius 2 is 2.05 bits per heavy atom. The average molecular weight is 295 g/mol. The van der Waals surface area contributed by atoms with Gasteiger partial charge in [0.1, 0.15) is 5.01 Å². The molecule has 2 aromatic heterocycles. The number of aromatic nitrogens is 2. The standard InChI is InChI=1S/C14H21N3S2/c1-5-11-7-16-12(19-11)8-15-6-10-9-18-13(17-10)14(2,3)4/h7,9,15H,5-6,8H2,1-4H3. The van der Waals surface area contributed by atoms with Crippen LogP contribution in [0.3, 0.4) is 0 Å². The SMILES string of the molecule is CCc1cnc(CNCc2csc(C(C)(C)C)n2)s1. The van der Waals surface area contributed by atoms with Gasteiger partial charge in [-0.3, -0.25) is 0 Å². The van der Waals surface area contributed by atoms with Gasteiger partial charge in [0.15, 0.2) is 0 Å². The fourth-order valence-corrected chi connectivity index (χ4v) is 3.36. The van der Waals surface area contributed by atoms with E-state index >= 15 is 0 Å². The van der Waals surface area contributed by atoms with Gasteiger partial charge >= 0.3 is 0 Å². The van der Waals surface area contributed by atoms with E-state index in [-0.39, 0.29) is 5.41 Å². The Morgan fingerprint density at radius 3 is 2.63 bits per heavy atom. The summed E-state index contributed by atoms with van der Waals surface area (Å²) in [5.74, 6) is 0. The molecule has 0 saturated heterocycles. The Kier molecular flexibility index (Phi) is 4.71. The van der Waals surface area contributed by atoms with Crippen molar-refractivity contribution in [2.24, 2.45) is 0 Å². The molecular formula is C14H21N3S2. The first kappa shape index (κ1) is 14.6. The number of nitrogens with zero attached hydrogens (tertiary/aromatic N) is 2. The summed E-state index contributed by atoms with van der Waals surface area (Å²) >= 11 is 3.53. The van der Waals surface area contributed by atoms with E-state index in [2.05, 4.69) is 48.4 Å². The van der Waals surface area contributed by atoms with Crippen LogP contribution in [0.25, 0.3) is 0 Å². The van der Waals surface area contributed by atoms with E-state index in [0.29, 0.717) is 0 Å². The van der Waals surface area contributed by atoms with E-state index < -0.39 is 0 Å². The minimum atomic E-state index is 0.147. The van der Waals surface area contributed by atoms with Gasteiger partial charge in [-0.05, 0) is 6.42 Å². The van der Waals surface area contributed by atoms with Crippen LogP contribution in [-0.4, -0.2) is 9.97 Å². The van der Waals surface area contributed by atoms with Crippen molar-refractivity contribution in [3.8, 4) is 0 Å². The van der Waals surface area contributed by atoms with Gasteiger partial charge in [-0.25, -0.2) is 9.97 Å². The highest BCUT2D eigenvalue weighted by molar-refractivity contribution is 7.11. The predicted octanol–water partition coefficient (Wildman–Crippen LogP) is 3.75. The molecule has 2 heterocycles. The molecule has 0 aliphatic rings. The maximum Gasteiger partial charge on any atom is 0.107 e. The van der Waals surface area contributed by atoms with Gasteiger partial charge in [-0.2, -0.15) is 0 Å². The molecule has 0 atom stereocenters. The normalized spacial score (nSPS) is 12.0. The molecule has 0 aromatic carbocycles. The monoisotopic (exact) mass is 295 g/mol. The summed E-state index contributed by atoms with van der Waals surface area (Å²) < 4.78 is 0. The highest BCUT2D eigenvalue weighted by Gasteiger charge is 2.17. The summed E-state index contributed by atoms with van der Waals surface area (Å²) in [5.41, 5.74) is 1.27. The van der Waals surface area contributed by atoms with E-state index in [4.69, 9.17) is 0 Å². The maximum atomic E-state index is 4.67. The van der Waals surface area contributed by atoms with Gasteiger partial charge in [0.25, 0.3) is 0 Å². The first-order valence-electron chi connectivity index (χ1n) is 6.58. The minimum Gasteiger partial charge on any atom is -0.305 e. The second-order valence-corrected chi connectivity index (χ2v) is 7.63.